The van der Waals surface area contributed by atoms with Crippen molar-refractivity contribution in [2.24, 2.45) is 0 Å². The molecule has 0 aliphatic carbocycles. The number of carbonyl (C=O) groups excluding carboxylic acids is 1. The predicted octanol–water partition coefficient (Wildman–Crippen LogP) is 0.980. The highest BCUT2D eigenvalue weighted by molar-refractivity contribution is 5.84. The Labute approximate surface area is 80.9 Å². The van der Waals surface area contributed by atoms with Crippen LogP contribution in [0.25, 0.3) is 11.5 Å². The van der Waals surface area contributed by atoms with Gasteiger partial charge in [0, 0.05) is 6.20 Å². The number of nitrogens with zero attached hydrogens (tertiary/aromatic N) is 4. The van der Waals surface area contributed by atoms with Crippen LogP contribution >= 0.6 is 0 Å². The molecule has 0 radical (unpaired) electrons. The topological polar surface area (TPSA) is 60.7 Å². The highest BCUT2D eigenvalue weighted by Gasteiger charge is 2.40. The van der Waals surface area contributed by atoms with Crippen molar-refractivity contribution in [1.29, 1.82) is 0 Å². The van der Waals surface area contributed by atoms with Crippen LogP contribution < -0.4 is 0 Å². The highest BCUT2D eigenvalue weighted by atomic mass is 19.4. The molecule has 0 amide bonds. The molecule has 0 saturated carbocycles. The summed E-state index contributed by atoms with van der Waals surface area (Å²) in [6, 6.07) is 0. The van der Waals surface area contributed by atoms with Crippen molar-refractivity contribution in [3.05, 3.63) is 18.9 Å². The van der Waals surface area contributed by atoms with Crippen molar-refractivity contribution < 1.29 is 18.0 Å². The van der Waals surface area contributed by atoms with Crippen molar-refractivity contribution in [1.82, 2.24) is 19.5 Å². The molecule has 0 saturated heterocycles. The second-order valence-corrected chi connectivity index (χ2v) is 2.67. The number of hydrogen-bond donors (Lipinski definition) is 0. The SMILES string of the molecule is O=C(n1cnc2ncnc-2c1)C(F)(F)F. The number of rotatable bonds is 0. The Bertz CT molecular complexity index is 478. The number of aromatic nitrogens is 4. The van der Waals surface area contributed by atoms with E-state index in [1.807, 2.05) is 0 Å². The van der Waals surface area contributed by atoms with E-state index < -0.39 is 12.1 Å². The van der Waals surface area contributed by atoms with Crippen LogP contribution in [-0.2, 0) is 0 Å². The quantitative estimate of drug-likeness (QED) is 0.658. The third kappa shape index (κ3) is 1.65. The molecule has 0 aromatic carbocycles. The van der Waals surface area contributed by atoms with Crippen molar-refractivity contribution in [3.8, 4) is 11.5 Å². The largest absolute Gasteiger partial charge is 0.472 e. The first-order chi connectivity index (χ1) is 6.98. The molecule has 2 rings (SSSR count). The fourth-order valence-electron chi connectivity index (χ4n) is 1.000. The summed E-state index contributed by atoms with van der Waals surface area (Å²) in [6.07, 6.45) is -2.09. The third-order valence-electron chi connectivity index (χ3n) is 1.65. The van der Waals surface area contributed by atoms with Gasteiger partial charge in [-0.1, -0.05) is 0 Å². The molecule has 2 aliphatic heterocycles. The number of imidazole rings is 1. The molecule has 0 spiro atoms. The summed E-state index contributed by atoms with van der Waals surface area (Å²) >= 11 is 0. The molecular weight excluding hydrogens is 213 g/mol. The van der Waals surface area contributed by atoms with Crippen LogP contribution in [0.4, 0.5) is 13.2 Å². The molecule has 15 heavy (non-hydrogen) atoms. The zero-order valence-corrected chi connectivity index (χ0v) is 7.06. The normalized spacial score (nSPS) is 11.9. The van der Waals surface area contributed by atoms with Gasteiger partial charge in [-0.25, -0.2) is 15.0 Å². The van der Waals surface area contributed by atoms with E-state index in [9.17, 15) is 18.0 Å². The Kier molecular flexibility index (Phi) is 1.92. The molecule has 5 nitrogen and oxygen atoms in total. The fourth-order valence-corrected chi connectivity index (χ4v) is 1.000. The molecular formula is C7H3F3N4O. The van der Waals surface area contributed by atoms with Crippen LogP contribution in [0.1, 0.15) is 4.79 Å². The first-order valence-electron chi connectivity index (χ1n) is 3.75. The summed E-state index contributed by atoms with van der Waals surface area (Å²) in [5.41, 5.74) is 0.134. The van der Waals surface area contributed by atoms with Gasteiger partial charge in [-0.05, 0) is 0 Å². The van der Waals surface area contributed by atoms with E-state index in [2.05, 4.69) is 15.0 Å². The van der Waals surface area contributed by atoms with Crippen LogP contribution in [-0.4, -0.2) is 31.6 Å². The molecule has 0 aromatic rings. The highest BCUT2D eigenvalue weighted by Crippen LogP contribution is 2.19. The molecule has 2 heterocycles. The molecule has 0 unspecified atom stereocenters. The Morgan fingerprint density at radius 2 is 2.00 bits per heavy atom. The zero-order valence-electron chi connectivity index (χ0n) is 7.06. The number of halogens is 3. The van der Waals surface area contributed by atoms with Crippen LogP contribution in [0.3, 0.4) is 0 Å². The number of hydrogen-bond acceptors (Lipinski definition) is 4. The maximum Gasteiger partial charge on any atom is 0.472 e. The van der Waals surface area contributed by atoms with Crippen LogP contribution in [0.5, 0.6) is 0 Å². The Morgan fingerprint density at radius 3 is 2.67 bits per heavy atom. The van der Waals surface area contributed by atoms with Gasteiger partial charge < -0.3 is 0 Å². The number of fused-ring (bicyclic) bond motifs is 1. The second kappa shape index (κ2) is 3.01. The van der Waals surface area contributed by atoms with E-state index in [-0.39, 0.29) is 11.5 Å². The monoisotopic (exact) mass is 216 g/mol. The summed E-state index contributed by atoms with van der Waals surface area (Å²) in [5.74, 6) is -1.82. The van der Waals surface area contributed by atoms with E-state index in [0.29, 0.717) is 4.57 Å². The molecule has 8 heteroatoms. The van der Waals surface area contributed by atoms with Gasteiger partial charge in [0.1, 0.15) is 18.3 Å². The van der Waals surface area contributed by atoms with Gasteiger partial charge in [0.15, 0.2) is 5.82 Å². The standard InChI is InChI=1S/C7H3F3N4O/c8-7(9,10)6(15)14-1-4-5(13-3-14)12-2-11-4/h1-3H. The lowest BCUT2D eigenvalue weighted by Crippen LogP contribution is -2.29. The van der Waals surface area contributed by atoms with Crippen molar-refractivity contribution in [2.45, 2.75) is 6.18 Å². The zero-order chi connectivity index (χ0) is 11.1. The molecule has 0 fully saturated rings. The summed E-state index contributed by atoms with van der Waals surface area (Å²) in [5, 5.41) is 0. The van der Waals surface area contributed by atoms with E-state index in [4.69, 9.17) is 0 Å². The van der Waals surface area contributed by atoms with Gasteiger partial charge in [0.2, 0.25) is 0 Å². The Hall–Kier alpha value is -1.99. The summed E-state index contributed by atoms with van der Waals surface area (Å²) < 4.78 is 36.4. The molecule has 78 valence electrons. The molecule has 2 aliphatic rings. The third-order valence-corrected chi connectivity index (χ3v) is 1.65. The van der Waals surface area contributed by atoms with Gasteiger partial charge in [-0.15, -0.1) is 0 Å². The maximum atomic E-state index is 12.0. The van der Waals surface area contributed by atoms with E-state index in [1.165, 1.54) is 0 Å². The van der Waals surface area contributed by atoms with Crippen LogP contribution in [0, 0.1) is 0 Å². The lowest BCUT2D eigenvalue weighted by atomic mass is 10.4. The minimum absolute atomic E-state index is 0.134. The van der Waals surface area contributed by atoms with E-state index in [0.717, 1.165) is 18.9 Å². The smallest absolute Gasteiger partial charge is 0.268 e. The van der Waals surface area contributed by atoms with Crippen LogP contribution in [0.15, 0.2) is 18.9 Å². The lowest BCUT2D eigenvalue weighted by molar-refractivity contribution is -0.0947. The van der Waals surface area contributed by atoms with E-state index >= 15 is 0 Å². The minimum Gasteiger partial charge on any atom is -0.268 e. The van der Waals surface area contributed by atoms with Gasteiger partial charge in [-0.2, -0.15) is 13.2 Å². The minimum atomic E-state index is -4.93. The van der Waals surface area contributed by atoms with Gasteiger partial charge in [0.05, 0.1) is 0 Å². The molecule has 0 N–H and O–H groups in total. The van der Waals surface area contributed by atoms with Gasteiger partial charge >= 0.3 is 12.1 Å². The first-order valence-corrected chi connectivity index (χ1v) is 3.75. The predicted molar refractivity (Wildman–Crippen MR) is 41.1 cm³/mol. The van der Waals surface area contributed by atoms with Gasteiger partial charge in [-0.3, -0.25) is 9.36 Å². The molecule has 0 bridgehead atoms. The summed E-state index contributed by atoms with van der Waals surface area (Å²) in [7, 11) is 0. The lowest BCUT2D eigenvalue weighted by Gasteiger charge is -2.07. The Balaban J connectivity index is 2.46. The van der Waals surface area contributed by atoms with Crippen molar-refractivity contribution in [3.63, 3.8) is 0 Å². The first kappa shape index (κ1) is 9.56. The van der Waals surface area contributed by atoms with E-state index in [1.54, 1.807) is 0 Å². The average Bonchev–Trinajstić information content (AvgIpc) is 2.61. The second-order valence-electron chi connectivity index (χ2n) is 2.67. The summed E-state index contributed by atoms with van der Waals surface area (Å²) in [4.78, 5) is 21.6. The maximum absolute atomic E-state index is 12.0. The van der Waals surface area contributed by atoms with Gasteiger partial charge in [0.25, 0.3) is 0 Å². The Morgan fingerprint density at radius 1 is 1.27 bits per heavy atom. The van der Waals surface area contributed by atoms with Crippen molar-refractivity contribution in [2.75, 3.05) is 0 Å². The molecule has 0 atom stereocenters. The van der Waals surface area contributed by atoms with Crippen LogP contribution in [0.2, 0.25) is 0 Å². The molecule has 0 aromatic heterocycles. The van der Waals surface area contributed by atoms with Crippen molar-refractivity contribution >= 4 is 5.91 Å². The fraction of sp³-hybridized carbons (Fsp3) is 0.143. The average molecular weight is 216 g/mol. The number of carbonyl (C=O) groups is 1. The number of alkyl halides is 3. The summed E-state index contributed by atoms with van der Waals surface area (Å²) in [6.45, 7) is 0.